The Bertz CT molecular complexity index is 515. The van der Waals surface area contributed by atoms with Gasteiger partial charge in [-0.15, -0.1) is 0 Å². The normalized spacial score (nSPS) is 21.4. The van der Waals surface area contributed by atoms with E-state index in [0.29, 0.717) is 12.2 Å². The highest BCUT2D eigenvalue weighted by Crippen LogP contribution is 2.11. The zero-order valence-corrected chi connectivity index (χ0v) is 10.5. The molecular formula is C11H14N2O4S. The Kier molecular flexibility index (Phi) is 3.81. The monoisotopic (exact) mass is 270 g/mol. The zero-order valence-electron chi connectivity index (χ0n) is 9.70. The quantitative estimate of drug-likeness (QED) is 0.816. The molecule has 1 unspecified atom stereocenters. The van der Waals surface area contributed by atoms with Gasteiger partial charge in [-0.05, 0) is 18.6 Å². The standard InChI is InChI=1S/C11H14N2O4S/c14-11(7-17-10-2-1-4-12-6-10)13-9-3-5-18(15,16)8-9/h1-2,4,6,9H,3,5,7-8H2,(H,13,14). The molecule has 98 valence electrons. The Morgan fingerprint density at radius 3 is 3.00 bits per heavy atom. The third-order valence-corrected chi connectivity index (χ3v) is 4.37. The van der Waals surface area contributed by atoms with Gasteiger partial charge in [0.15, 0.2) is 16.4 Å². The minimum absolute atomic E-state index is 0.0195. The van der Waals surface area contributed by atoms with Crippen LogP contribution in [0.3, 0.4) is 0 Å². The van der Waals surface area contributed by atoms with Crippen LogP contribution in [-0.4, -0.2) is 43.5 Å². The first kappa shape index (κ1) is 12.8. The highest BCUT2D eigenvalue weighted by molar-refractivity contribution is 7.91. The van der Waals surface area contributed by atoms with Crippen LogP contribution in [0, 0.1) is 0 Å². The lowest BCUT2D eigenvalue weighted by molar-refractivity contribution is -0.123. The summed E-state index contributed by atoms with van der Waals surface area (Å²) in [5, 5.41) is 2.64. The van der Waals surface area contributed by atoms with Crippen molar-refractivity contribution in [2.24, 2.45) is 0 Å². The molecule has 1 N–H and O–H groups in total. The van der Waals surface area contributed by atoms with Crippen LogP contribution in [0.1, 0.15) is 6.42 Å². The van der Waals surface area contributed by atoms with E-state index in [1.54, 1.807) is 18.3 Å². The second-order valence-electron chi connectivity index (χ2n) is 4.14. The number of aromatic nitrogens is 1. The number of carbonyl (C=O) groups excluding carboxylic acids is 1. The smallest absolute Gasteiger partial charge is 0.258 e. The van der Waals surface area contributed by atoms with Crippen molar-refractivity contribution >= 4 is 15.7 Å². The number of carbonyl (C=O) groups is 1. The van der Waals surface area contributed by atoms with Crippen molar-refractivity contribution in [2.45, 2.75) is 12.5 Å². The highest BCUT2D eigenvalue weighted by Gasteiger charge is 2.28. The van der Waals surface area contributed by atoms with Crippen LogP contribution in [0.4, 0.5) is 0 Å². The van der Waals surface area contributed by atoms with Crippen LogP contribution in [-0.2, 0) is 14.6 Å². The van der Waals surface area contributed by atoms with E-state index in [4.69, 9.17) is 4.74 Å². The van der Waals surface area contributed by atoms with E-state index < -0.39 is 9.84 Å². The van der Waals surface area contributed by atoms with Gasteiger partial charge in [0.2, 0.25) is 0 Å². The third kappa shape index (κ3) is 3.69. The van der Waals surface area contributed by atoms with Gasteiger partial charge in [-0.25, -0.2) is 8.42 Å². The second kappa shape index (κ2) is 5.34. The molecule has 1 saturated heterocycles. The van der Waals surface area contributed by atoms with Crippen LogP contribution in [0.5, 0.6) is 5.75 Å². The van der Waals surface area contributed by atoms with Crippen molar-refractivity contribution in [2.75, 3.05) is 18.1 Å². The summed E-state index contributed by atoms with van der Waals surface area (Å²) in [6, 6.07) is 3.11. The number of nitrogens with zero attached hydrogens (tertiary/aromatic N) is 1. The molecule has 6 nitrogen and oxygen atoms in total. The number of hydrogen-bond donors (Lipinski definition) is 1. The summed E-state index contributed by atoms with van der Waals surface area (Å²) in [5.74, 6) is 0.347. The Hall–Kier alpha value is -1.63. The third-order valence-electron chi connectivity index (χ3n) is 2.60. The molecule has 0 saturated carbocycles. The van der Waals surface area contributed by atoms with Gasteiger partial charge in [-0.1, -0.05) is 0 Å². The van der Waals surface area contributed by atoms with Crippen LogP contribution >= 0.6 is 0 Å². The Labute approximate surface area is 105 Å². The van der Waals surface area contributed by atoms with E-state index >= 15 is 0 Å². The molecule has 1 aromatic heterocycles. The summed E-state index contributed by atoms with van der Waals surface area (Å²) in [6.07, 6.45) is 3.59. The van der Waals surface area contributed by atoms with Crippen molar-refractivity contribution < 1.29 is 17.9 Å². The second-order valence-corrected chi connectivity index (χ2v) is 6.37. The average molecular weight is 270 g/mol. The summed E-state index contributed by atoms with van der Waals surface area (Å²) in [5.41, 5.74) is 0. The van der Waals surface area contributed by atoms with Gasteiger partial charge in [-0.2, -0.15) is 0 Å². The van der Waals surface area contributed by atoms with Crippen LogP contribution < -0.4 is 10.1 Å². The number of amides is 1. The molecule has 1 fully saturated rings. The predicted molar refractivity (Wildman–Crippen MR) is 64.9 cm³/mol. The summed E-state index contributed by atoms with van der Waals surface area (Å²) < 4.78 is 27.6. The molecule has 7 heteroatoms. The Morgan fingerprint density at radius 2 is 2.39 bits per heavy atom. The molecule has 1 aliphatic rings. The molecule has 0 radical (unpaired) electrons. The predicted octanol–water partition coefficient (Wildman–Crippen LogP) is -0.236. The molecule has 2 heterocycles. The number of sulfone groups is 1. The van der Waals surface area contributed by atoms with E-state index in [-0.39, 0.29) is 30.1 Å². The molecule has 2 rings (SSSR count). The lowest BCUT2D eigenvalue weighted by Crippen LogP contribution is -2.38. The highest BCUT2D eigenvalue weighted by atomic mass is 32.2. The van der Waals surface area contributed by atoms with Gasteiger partial charge < -0.3 is 10.1 Å². The van der Waals surface area contributed by atoms with Crippen molar-refractivity contribution in [3.8, 4) is 5.75 Å². The fourth-order valence-corrected chi connectivity index (χ4v) is 3.43. The van der Waals surface area contributed by atoms with E-state index in [1.165, 1.54) is 6.20 Å². The molecule has 0 spiro atoms. The Balaban J connectivity index is 1.76. The minimum Gasteiger partial charge on any atom is -0.482 e. The molecule has 0 aliphatic carbocycles. The van der Waals surface area contributed by atoms with Gasteiger partial charge in [0, 0.05) is 12.2 Å². The topological polar surface area (TPSA) is 85.4 Å². The van der Waals surface area contributed by atoms with Crippen molar-refractivity contribution in [3.63, 3.8) is 0 Å². The van der Waals surface area contributed by atoms with Crippen molar-refractivity contribution in [1.82, 2.24) is 10.3 Å². The minimum atomic E-state index is -2.97. The fourth-order valence-electron chi connectivity index (χ4n) is 1.76. The Morgan fingerprint density at radius 1 is 1.56 bits per heavy atom. The largest absolute Gasteiger partial charge is 0.482 e. The van der Waals surface area contributed by atoms with Gasteiger partial charge in [-0.3, -0.25) is 9.78 Å². The maximum atomic E-state index is 11.5. The molecule has 1 atom stereocenters. The van der Waals surface area contributed by atoms with Gasteiger partial charge in [0.1, 0.15) is 5.75 Å². The first-order chi connectivity index (χ1) is 8.55. The van der Waals surface area contributed by atoms with Crippen molar-refractivity contribution in [3.05, 3.63) is 24.5 Å². The number of pyridine rings is 1. The molecule has 1 aliphatic heterocycles. The van der Waals surface area contributed by atoms with Crippen LogP contribution in [0.15, 0.2) is 24.5 Å². The lowest BCUT2D eigenvalue weighted by Gasteiger charge is -2.11. The average Bonchev–Trinajstić information content (AvgIpc) is 2.67. The molecule has 0 bridgehead atoms. The molecule has 1 amide bonds. The van der Waals surface area contributed by atoms with E-state index in [1.807, 2.05) is 0 Å². The van der Waals surface area contributed by atoms with E-state index in [0.717, 1.165) is 0 Å². The van der Waals surface area contributed by atoms with Gasteiger partial charge >= 0.3 is 0 Å². The van der Waals surface area contributed by atoms with E-state index in [2.05, 4.69) is 10.3 Å². The summed E-state index contributed by atoms with van der Waals surface area (Å²) in [7, 11) is -2.97. The summed E-state index contributed by atoms with van der Waals surface area (Å²) >= 11 is 0. The zero-order chi connectivity index (χ0) is 13.0. The number of ether oxygens (including phenoxy) is 1. The first-order valence-corrected chi connectivity index (χ1v) is 7.40. The van der Waals surface area contributed by atoms with Gasteiger partial charge in [0.25, 0.3) is 5.91 Å². The number of rotatable bonds is 4. The number of nitrogens with one attached hydrogen (secondary N) is 1. The van der Waals surface area contributed by atoms with Gasteiger partial charge in [0.05, 0.1) is 17.7 Å². The SMILES string of the molecule is O=C(COc1cccnc1)NC1CCS(=O)(=O)C1. The fraction of sp³-hybridized carbons (Fsp3) is 0.455. The van der Waals surface area contributed by atoms with Crippen LogP contribution in [0.2, 0.25) is 0 Å². The lowest BCUT2D eigenvalue weighted by atomic mass is 10.2. The summed E-state index contributed by atoms with van der Waals surface area (Å²) in [6.45, 7) is -0.137. The van der Waals surface area contributed by atoms with Crippen molar-refractivity contribution in [1.29, 1.82) is 0 Å². The molecule has 0 aromatic carbocycles. The summed E-state index contributed by atoms with van der Waals surface area (Å²) in [4.78, 5) is 15.4. The molecule has 18 heavy (non-hydrogen) atoms. The molecule has 1 aromatic rings. The van der Waals surface area contributed by atoms with Crippen LogP contribution in [0.25, 0.3) is 0 Å². The van der Waals surface area contributed by atoms with E-state index in [9.17, 15) is 13.2 Å². The number of hydrogen-bond acceptors (Lipinski definition) is 5. The maximum absolute atomic E-state index is 11.5. The molecular weight excluding hydrogens is 256 g/mol. The maximum Gasteiger partial charge on any atom is 0.258 e. The first-order valence-electron chi connectivity index (χ1n) is 5.58.